The monoisotopic (exact) mass is 447 g/mol. The van der Waals surface area contributed by atoms with Crippen LogP contribution in [0.5, 0.6) is 11.5 Å². The number of carboxylic acids is 1. The lowest BCUT2D eigenvalue weighted by atomic mass is 9.78. The van der Waals surface area contributed by atoms with Crippen molar-refractivity contribution in [1.82, 2.24) is 10.2 Å². The molecule has 2 fully saturated rings. The lowest BCUT2D eigenvalue weighted by Crippen LogP contribution is -2.65. The van der Waals surface area contributed by atoms with E-state index in [-0.39, 0.29) is 36.3 Å². The standard InChI is InChI=1S/C20H26BN3O8/c1-20(22,19(28)23-13-5-7-30-18(13)27)10-24-8-12(9-24)31-14-3-2-11-4-6-21(29)32-16(11)15(14)17(25)26/h2-3,12-13,29H,4-10,22H2,1H3,(H,23,28)(H,25,26)/t13-,20+/m0/s1. The van der Waals surface area contributed by atoms with Gasteiger partial charge in [0, 0.05) is 26.1 Å². The predicted molar refractivity (Wildman–Crippen MR) is 111 cm³/mol. The van der Waals surface area contributed by atoms with E-state index < -0.39 is 36.5 Å². The minimum absolute atomic E-state index is 0.105. The number of aromatic carboxylic acids is 1. The molecule has 0 unspecified atom stereocenters. The number of likely N-dealkylation sites (tertiary alicyclic amines) is 1. The fraction of sp³-hybridized carbons (Fsp3) is 0.550. The fourth-order valence-corrected chi connectivity index (χ4v) is 4.11. The van der Waals surface area contributed by atoms with Crippen molar-refractivity contribution < 1.29 is 38.6 Å². The number of nitrogens with two attached hydrogens (primary N) is 1. The van der Waals surface area contributed by atoms with Crippen LogP contribution in [0.2, 0.25) is 6.32 Å². The molecule has 32 heavy (non-hydrogen) atoms. The van der Waals surface area contributed by atoms with Crippen LogP contribution in [0, 0.1) is 0 Å². The van der Waals surface area contributed by atoms with Gasteiger partial charge in [0.15, 0.2) is 0 Å². The number of ether oxygens (including phenoxy) is 2. The summed E-state index contributed by atoms with van der Waals surface area (Å²) in [6, 6.07) is 2.68. The van der Waals surface area contributed by atoms with Crippen LogP contribution in [0.3, 0.4) is 0 Å². The van der Waals surface area contributed by atoms with E-state index in [2.05, 4.69) is 5.32 Å². The smallest absolute Gasteiger partial charge is 0.522 e. The van der Waals surface area contributed by atoms with E-state index >= 15 is 0 Å². The van der Waals surface area contributed by atoms with E-state index in [4.69, 9.17) is 19.9 Å². The maximum Gasteiger partial charge on any atom is 0.522 e. The lowest BCUT2D eigenvalue weighted by molar-refractivity contribution is -0.142. The number of nitrogens with zero attached hydrogens (tertiary/aromatic N) is 1. The molecular formula is C20H26BN3O8. The van der Waals surface area contributed by atoms with Crippen LogP contribution in [0.15, 0.2) is 12.1 Å². The van der Waals surface area contributed by atoms with E-state index in [9.17, 15) is 24.5 Å². The quantitative estimate of drug-likeness (QED) is 0.302. The molecule has 0 saturated carbocycles. The molecule has 172 valence electrons. The second-order valence-electron chi connectivity index (χ2n) is 8.68. The number of esters is 1. The number of hydrogen-bond donors (Lipinski definition) is 4. The molecule has 1 aromatic rings. The number of carboxylic acid groups (broad SMARTS) is 1. The average molecular weight is 447 g/mol. The molecule has 2 atom stereocenters. The highest BCUT2D eigenvalue weighted by atomic mass is 16.5. The SMILES string of the molecule is C[C@@](N)(CN1CC(Oc2ccc3c(c2C(=O)O)OB(O)CC3)C1)C(=O)N[C@H]1CCOC1=O. The maximum absolute atomic E-state index is 12.5. The Morgan fingerprint density at radius 2 is 2.16 bits per heavy atom. The Hall–Kier alpha value is -2.83. The molecule has 1 amide bonds. The number of aryl methyl sites for hydroxylation is 1. The highest BCUT2D eigenvalue weighted by Gasteiger charge is 2.40. The summed E-state index contributed by atoms with van der Waals surface area (Å²) >= 11 is 0. The third kappa shape index (κ3) is 4.52. The Bertz CT molecular complexity index is 934. The van der Waals surface area contributed by atoms with E-state index in [0.29, 0.717) is 37.8 Å². The lowest BCUT2D eigenvalue weighted by Gasteiger charge is -2.42. The number of amides is 1. The van der Waals surface area contributed by atoms with Crippen LogP contribution in [0.4, 0.5) is 0 Å². The van der Waals surface area contributed by atoms with Crippen molar-refractivity contribution in [1.29, 1.82) is 0 Å². The molecule has 2 saturated heterocycles. The van der Waals surface area contributed by atoms with E-state index in [0.717, 1.165) is 0 Å². The number of hydrogen-bond acceptors (Lipinski definition) is 9. The molecular weight excluding hydrogens is 421 g/mol. The summed E-state index contributed by atoms with van der Waals surface area (Å²) in [5.41, 5.74) is 5.56. The zero-order chi connectivity index (χ0) is 23.0. The first-order chi connectivity index (χ1) is 15.1. The number of carbonyl (C=O) groups excluding carboxylic acids is 2. The minimum atomic E-state index is -1.23. The van der Waals surface area contributed by atoms with Gasteiger partial charge in [-0.05, 0) is 31.3 Å². The van der Waals surface area contributed by atoms with Gasteiger partial charge in [-0.2, -0.15) is 0 Å². The first kappa shape index (κ1) is 22.4. The summed E-state index contributed by atoms with van der Waals surface area (Å²) in [7, 11) is -1.05. The minimum Gasteiger partial charge on any atom is -0.535 e. The van der Waals surface area contributed by atoms with Crippen molar-refractivity contribution in [2.24, 2.45) is 5.73 Å². The topological polar surface area (TPSA) is 161 Å². The van der Waals surface area contributed by atoms with E-state index in [1.165, 1.54) is 0 Å². The van der Waals surface area contributed by atoms with Crippen molar-refractivity contribution in [2.75, 3.05) is 26.2 Å². The Morgan fingerprint density at radius 1 is 1.41 bits per heavy atom. The Balaban J connectivity index is 1.34. The maximum atomic E-state index is 12.5. The van der Waals surface area contributed by atoms with Gasteiger partial charge in [-0.1, -0.05) is 6.07 Å². The highest BCUT2D eigenvalue weighted by molar-refractivity contribution is 6.44. The van der Waals surface area contributed by atoms with Gasteiger partial charge < -0.3 is 35.3 Å². The van der Waals surface area contributed by atoms with E-state index in [1.54, 1.807) is 19.1 Å². The zero-order valence-corrected chi connectivity index (χ0v) is 17.7. The summed E-state index contributed by atoms with van der Waals surface area (Å²) in [4.78, 5) is 37.8. The number of carbonyl (C=O) groups is 3. The first-order valence-electron chi connectivity index (χ1n) is 10.5. The van der Waals surface area contributed by atoms with Crippen LogP contribution in [-0.4, -0.2) is 83.9 Å². The summed E-state index contributed by atoms with van der Waals surface area (Å²) in [5.74, 6) is -1.78. The predicted octanol–water partition coefficient (Wildman–Crippen LogP) is -0.988. The number of nitrogens with one attached hydrogen (secondary N) is 1. The number of benzene rings is 1. The molecule has 3 heterocycles. The molecule has 0 aliphatic carbocycles. The van der Waals surface area contributed by atoms with Crippen molar-refractivity contribution in [2.45, 2.75) is 43.8 Å². The Labute approximate surface area is 184 Å². The molecule has 0 spiro atoms. The Morgan fingerprint density at radius 3 is 2.81 bits per heavy atom. The summed E-state index contributed by atoms with van der Waals surface area (Å²) in [6.07, 6.45) is 1.05. The molecule has 1 aromatic carbocycles. The second kappa shape index (κ2) is 8.60. The van der Waals surface area contributed by atoms with Gasteiger partial charge in [-0.25, -0.2) is 9.59 Å². The highest BCUT2D eigenvalue weighted by Crippen LogP contribution is 2.37. The largest absolute Gasteiger partial charge is 0.535 e. The fourth-order valence-electron chi connectivity index (χ4n) is 4.11. The van der Waals surface area contributed by atoms with Crippen LogP contribution in [0.1, 0.15) is 29.3 Å². The Kier molecular flexibility index (Phi) is 6.02. The molecule has 3 aliphatic heterocycles. The third-order valence-corrected chi connectivity index (χ3v) is 5.86. The van der Waals surface area contributed by atoms with Gasteiger partial charge in [-0.15, -0.1) is 0 Å². The van der Waals surface area contributed by atoms with Crippen molar-refractivity contribution in [3.63, 3.8) is 0 Å². The molecule has 0 aromatic heterocycles. The third-order valence-electron chi connectivity index (χ3n) is 5.86. The normalized spacial score (nSPS) is 22.8. The molecule has 11 nitrogen and oxygen atoms in total. The summed E-state index contributed by atoms with van der Waals surface area (Å²) < 4.78 is 16.1. The van der Waals surface area contributed by atoms with Gasteiger partial charge in [-0.3, -0.25) is 9.69 Å². The van der Waals surface area contributed by atoms with Crippen molar-refractivity contribution >= 4 is 25.0 Å². The molecule has 12 heteroatoms. The molecule has 0 radical (unpaired) electrons. The number of fused-ring (bicyclic) bond motifs is 1. The average Bonchev–Trinajstić information content (AvgIpc) is 3.09. The van der Waals surface area contributed by atoms with Gasteiger partial charge in [0.2, 0.25) is 5.91 Å². The number of cyclic esters (lactones) is 1. The molecule has 5 N–H and O–H groups in total. The second-order valence-corrected chi connectivity index (χ2v) is 8.68. The first-order valence-corrected chi connectivity index (χ1v) is 10.5. The summed E-state index contributed by atoms with van der Waals surface area (Å²) in [5, 5.41) is 22.0. The van der Waals surface area contributed by atoms with Crippen LogP contribution in [0.25, 0.3) is 0 Å². The molecule has 3 aliphatic rings. The van der Waals surface area contributed by atoms with Crippen LogP contribution >= 0.6 is 0 Å². The van der Waals surface area contributed by atoms with E-state index in [1.807, 2.05) is 4.90 Å². The molecule has 4 rings (SSSR count). The van der Waals surface area contributed by atoms with Crippen molar-refractivity contribution in [3.8, 4) is 11.5 Å². The van der Waals surface area contributed by atoms with Crippen molar-refractivity contribution in [3.05, 3.63) is 23.3 Å². The molecule has 0 bridgehead atoms. The van der Waals surface area contributed by atoms with Gasteiger partial charge in [0.1, 0.15) is 34.7 Å². The zero-order valence-electron chi connectivity index (χ0n) is 17.7. The summed E-state index contributed by atoms with van der Waals surface area (Å²) in [6.45, 7) is 3.01. The van der Waals surface area contributed by atoms with Gasteiger partial charge >= 0.3 is 19.1 Å². The van der Waals surface area contributed by atoms with Gasteiger partial charge in [0.05, 0.1) is 6.61 Å². The van der Waals surface area contributed by atoms with Crippen LogP contribution < -0.4 is 20.4 Å². The van der Waals surface area contributed by atoms with Crippen LogP contribution in [-0.2, 0) is 20.7 Å². The van der Waals surface area contributed by atoms with Gasteiger partial charge in [0.25, 0.3) is 0 Å². The number of rotatable bonds is 7.